The minimum absolute atomic E-state index is 0.0613. The Morgan fingerprint density at radius 1 is 1.26 bits per heavy atom. The summed E-state index contributed by atoms with van der Waals surface area (Å²) in [6.45, 7) is 2.98. The van der Waals surface area contributed by atoms with Gasteiger partial charge in [0.05, 0.1) is 12.6 Å². The molecule has 0 bridgehead atoms. The number of anilines is 1. The van der Waals surface area contributed by atoms with Gasteiger partial charge in [-0.2, -0.15) is 0 Å². The average molecular weight is 260 g/mol. The van der Waals surface area contributed by atoms with Gasteiger partial charge in [-0.15, -0.1) is 0 Å². The summed E-state index contributed by atoms with van der Waals surface area (Å²) >= 11 is 0. The van der Waals surface area contributed by atoms with Crippen LogP contribution in [0.1, 0.15) is 12.8 Å². The van der Waals surface area contributed by atoms with Gasteiger partial charge in [-0.25, -0.2) is 0 Å². The van der Waals surface area contributed by atoms with Crippen LogP contribution in [0.25, 0.3) is 0 Å². The number of nitrogens with zero attached hydrogens (tertiary/aromatic N) is 1. The fraction of sp³-hybridized carbons (Fsp3) is 0.533. The Balaban J connectivity index is 1.72. The smallest absolute Gasteiger partial charge is 0.253 e. The molecule has 4 heteroatoms. The molecule has 0 radical (unpaired) electrons. The van der Waals surface area contributed by atoms with Crippen molar-refractivity contribution in [2.75, 3.05) is 31.1 Å². The van der Waals surface area contributed by atoms with Crippen molar-refractivity contribution in [1.82, 2.24) is 5.32 Å². The third kappa shape index (κ3) is 2.80. The highest BCUT2D eigenvalue weighted by Gasteiger charge is 2.33. The highest BCUT2D eigenvalue weighted by Crippen LogP contribution is 2.24. The minimum atomic E-state index is 0.0613. The highest BCUT2D eigenvalue weighted by molar-refractivity contribution is 5.94. The zero-order chi connectivity index (χ0) is 13.1. The number of rotatable bonds is 2. The number of carbonyl (C=O) groups excluding carboxylic acids is 1. The van der Waals surface area contributed by atoms with Gasteiger partial charge in [-0.3, -0.25) is 4.79 Å². The molecule has 1 amide bonds. The van der Waals surface area contributed by atoms with E-state index in [1.165, 1.54) is 12.8 Å². The van der Waals surface area contributed by atoms with E-state index in [0.29, 0.717) is 12.5 Å². The van der Waals surface area contributed by atoms with Gasteiger partial charge >= 0.3 is 0 Å². The monoisotopic (exact) mass is 260 g/mol. The maximum atomic E-state index is 12.0. The molecule has 1 aromatic rings. The van der Waals surface area contributed by atoms with Crippen LogP contribution in [0, 0.1) is 5.92 Å². The summed E-state index contributed by atoms with van der Waals surface area (Å²) in [5.74, 6) is 0.583. The topological polar surface area (TPSA) is 41.6 Å². The first-order valence-electron chi connectivity index (χ1n) is 7.02. The Morgan fingerprint density at radius 2 is 2.11 bits per heavy atom. The van der Waals surface area contributed by atoms with Crippen LogP contribution in [-0.2, 0) is 9.53 Å². The van der Waals surface area contributed by atoms with E-state index in [2.05, 4.69) is 5.32 Å². The van der Waals surface area contributed by atoms with Gasteiger partial charge in [0.15, 0.2) is 0 Å². The van der Waals surface area contributed by atoms with E-state index in [1.807, 2.05) is 35.2 Å². The maximum absolute atomic E-state index is 12.0. The van der Waals surface area contributed by atoms with E-state index in [0.717, 1.165) is 18.8 Å². The molecule has 3 rings (SSSR count). The second kappa shape index (κ2) is 5.72. The number of carbonyl (C=O) groups is 1. The van der Waals surface area contributed by atoms with Crippen LogP contribution in [0.4, 0.5) is 5.69 Å². The van der Waals surface area contributed by atoms with Crippen LogP contribution in [0.15, 0.2) is 30.3 Å². The molecule has 0 aliphatic carbocycles. The lowest BCUT2D eigenvalue weighted by Gasteiger charge is -2.38. The van der Waals surface area contributed by atoms with E-state index in [-0.39, 0.29) is 18.6 Å². The summed E-state index contributed by atoms with van der Waals surface area (Å²) in [4.78, 5) is 13.9. The van der Waals surface area contributed by atoms with Crippen molar-refractivity contribution in [3.63, 3.8) is 0 Å². The van der Waals surface area contributed by atoms with Crippen LogP contribution in [0.5, 0.6) is 0 Å². The van der Waals surface area contributed by atoms with Crippen molar-refractivity contribution < 1.29 is 9.53 Å². The Hall–Kier alpha value is -1.39. The van der Waals surface area contributed by atoms with Crippen molar-refractivity contribution in [3.8, 4) is 0 Å². The highest BCUT2D eigenvalue weighted by atomic mass is 16.5. The van der Waals surface area contributed by atoms with Crippen LogP contribution in [0.2, 0.25) is 0 Å². The van der Waals surface area contributed by atoms with Gasteiger partial charge in [0.1, 0.15) is 6.61 Å². The molecule has 0 aromatic heterocycles. The quantitative estimate of drug-likeness (QED) is 0.874. The molecule has 2 atom stereocenters. The summed E-state index contributed by atoms with van der Waals surface area (Å²) in [5, 5.41) is 3.41. The maximum Gasteiger partial charge on any atom is 0.253 e. The molecular formula is C15H20N2O2. The second-order valence-corrected chi connectivity index (χ2v) is 5.30. The Kier molecular flexibility index (Phi) is 3.80. The zero-order valence-corrected chi connectivity index (χ0v) is 11.0. The van der Waals surface area contributed by atoms with Crippen molar-refractivity contribution in [2.45, 2.75) is 18.9 Å². The van der Waals surface area contributed by atoms with Crippen molar-refractivity contribution >= 4 is 11.6 Å². The first kappa shape index (κ1) is 12.6. The van der Waals surface area contributed by atoms with Gasteiger partial charge in [0, 0.05) is 12.2 Å². The van der Waals surface area contributed by atoms with E-state index in [9.17, 15) is 4.79 Å². The summed E-state index contributed by atoms with van der Waals surface area (Å²) in [6, 6.07) is 9.88. The van der Waals surface area contributed by atoms with E-state index >= 15 is 0 Å². The van der Waals surface area contributed by atoms with E-state index in [4.69, 9.17) is 4.74 Å². The zero-order valence-electron chi connectivity index (χ0n) is 11.0. The summed E-state index contributed by atoms with van der Waals surface area (Å²) in [6.07, 6.45) is 2.55. The number of hydrogen-bond acceptors (Lipinski definition) is 3. The number of amides is 1. The van der Waals surface area contributed by atoms with Crippen molar-refractivity contribution in [3.05, 3.63) is 30.3 Å². The number of piperidine rings is 1. The predicted octanol–water partition coefficient (Wildman–Crippen LogP) is 1.42. The SMILES string of the molecule is O=C1COC(C2CCCNC2)CN1c1ccccc1. The molecule has 2 fully saturated rings. The fourth-order valence-electron chi connectivity index (χ4n) is 2.93. The van der Waals surface area contributed by atoms with Crippen LogP contribution in [0.3, 0.4) is 0 Å². The Morgan fingerprint density at radius 3 is 2.84 bits per heavy atom. The Labute approximate surface area is 113 Å². The largest absolute Gasteiger partial charge is 0.366 e. The van der Waals surface area contributed by atoms with Crippen LogP contribution >= 0.6 is 0 Å². The lowest BCUT2D eigenvalue weighted by atomic mass is 9.92. The number of morpholine rings is 1. The first-order valence-corrected chi connectivity index (χ1v) is 7.02. The average Bonchev–Trinajstić information content (AvgIpc) is 2.49. The molecule has 1 aromatic carbocycles. The molecule has 19 heavy (non-hydrogen) atoms. The molecule has 2 aliphatic heterocycles. The number of benzene rings is 1. The van der Waals surface area contributed by atoms with Crippen molar-refractivity contribution in [2.24, 2.45) is 5.92 Å². The summed E-state index contributed by atoms with van der Waals surface area (Å²) < 4.78 is 5.75. The molecule has 2 saturated heterocycles. The Bertz CT molecular complexity index is 429. The third-order valence-electron chi connectivity index (χ3n) is 4.01. The number of nitrogens with one attached hydrogen (secondary N) is 1. The number of ether oxygens (including phenoxy) is 1. The lowest BCUT2D eigenvalue weighted by Crippen LogP contribution is -2.52. The normalized spacial score (nSPS) is 28.4. The number of hydrogen-bond donors (Lipinski definition) is 1. The minimum Gasteiger partial charge on any atom is -0.366 e. The third-order valence-corrected chi connectivity index (χ3v) is 4.01. The van der Waals surface area contributed by atoms with E-state index in [1.54, 1.807) is 0 Å². The fourth-order valence-corrected chi connectivity index (χ4v) is 2.93. The molecule has 0 saturated carbocycles. The predicted molar refractivity (Wildman–Crippen MR) is 74.1 cm³/mol. The van der Waals surface area contributed by atoms with Gasteiger partial charge in [-0.05, 0) is 37.4 Å². The van der Waals surface area contributed by atoms with Gasteiger partial charge in [0.25, 0.3) is 5.91 Å². The molecule has 2 heterocycles. The molecule has 0 spiro atoms. The second-order valence-electron chi connectivity index (χ2n) is 5.30. The molecule has 4 nitrogen and oxygen atoms in total. The van der Waals surface area contributed by atoms with E-state index < -0.39 is 0 Å². The molecule has 2 unspecified atom stereocenters. The lowest BCUT2D eigenvalue weighted by molar-refractivity contribution is -0.131. The molecular weight excluding hydrogens is 240 g/mol. The summed E-state index contributed by atoms with van der Waals surface area (Å²) in [5.41, 5.74) is 0.976. The van der Waals surface area contributed by atoms with Crippen LogP contribution in [-0.4, -0.2) is 38.3 Å². The van der Waals surface area contributed by atoms with Gasteiger partial charge in [-0.1, -0.05) is 18.2 Å². The molecule has 102 valence electrons. The first-order chi connectivity index (χ1) is 9.34. The van der Waals surface area contributed by atoms with Crippen molar-refractivity contribution in [1.29, 1.82) is 0 Å². The molecule has 2 aliphatic rings. The standard InChI is InChI=1S/C15H20N2O2/c18-15-11-19-14(12-5-4-8-16-9-12)10-17(15)13-6-2-1-3-7-13/h1-3,6-7,12,14,16H,4-5,8-11H2. The van der Waals surface area contributed by atoms with Gasteiger partial charge in [0.2, 0.25) is 0 Å². The number of para-hydroxylation sites is 1. The molecule has 1 N–H and O–H groups in total. The van der Waals surface area contributed by atoms with Crippen LogP contribution < -0.4 is 10.2 Å². The van der Waals surface area contributed by atoms with Gasteiger partial charge < -0.3 is 15.0 Å². The summed E-state index contributed by atoms with van der Waals surface area (Å²) in [7, 11) is 0.